The minimum absolute atomic E-state index is 0.155. The van der Waals surface area contributed by atoms with Crippen LogP contribution in [0.15, 0.2) is 58.5 Å². The second-order valence-corrected chi connectivity index (χ2v) is 9.44. The number of amides is 1. The Morgan fingerprint density at radius 3 is 2.55 bits per heavy atom. The van der Waals surface area contributed by atoms with E-state index >= 15 is 0 Å². The molecule has 1 N–H and O–H groups in total. The molecule has 1 fully saturated rings. The first-order chi connectivity index (χ1) is 14.1. The zero-order valence-corrected chi connectivity index (χ0v) is 17.1. The summed E-state index contributed by atoms with van der Waals surface area (Å²) in [7, 11) is -3.58. The number of rotatable bonds is 4. The summed E-state index contributed by atoms with van der Waals surface area (Å²) in [6.07, 6.45) is 5.62. The zero-order valence-electron chi connectivity index (χ0n) is 16.3. The smallest absolute Gasteiger partial charge is 0.267 e. The Kier molecular flexibility index (Phi) is 5.78. The molecule has 0 bridgehead atoms. The Morgan fingerprint density at radius 1 is 0.931 bits per heavy atom. The van der Waals surface area contributed by atoms with Crippen molar-refractivity contribution < 1.29 is 13.2 Å². The predicted molar refractivity (Wildman–Crippen MR) is 112 cm³/mol. The fourth-order valence-electron chi connectivity index (χ4n) is 3.95. The molecular formula is C22H25N3O3S. The third-order valence-electron chi connectivity index (χ3n) is 5.53. The summed E-state index contributed by atoms with van der Waals surface area (Å²) in [5.41, 5.74) is 6.06. The van der Waals surface area contributed by atoms with Crippen LogP contribution in [-0.4, -0.2) is 37.4 Å². The van der Waals surface area contributed by atoms with E-state index < -0.39 is 15.9 Å². The van der Waals surface area contributed by atoms with Gasteiger partial charge in [0.1, 0.15) is 0 Å². The van der Waals surface area contributed by atoms with Gasteiger partial charge in [-0.05, 0) is 55.9 Å². The van der Waals surface area contributed by atoms with Crippen molar-refractivity contribution in [1.29, 1.82) is 0 Å². The molecular weight excluding hydrogens is 386 g/mol. The summed E-state index contributed by atoms with van der Waals surface area (Å²) in [5, 5.41) is 4.34. The summed E-state index contributed by atoms with van der Waals surface area (Å²) in [4.78, 5) is 12.8. The summed E-state index contributed by atoms with van der Waals surface area (Å²) in [6.45, 7) is 1.07. The van der Waals surface area contributed by atoms with Crippen LogP contribution in [0.2, 0.25) is 0 Å². The van der Waals surface area contributed by atoms with Crippen LogP contribution in [0.1, 0.15) is 53.6 Å². The van der Waals surface area contributed by atoms with Crippen LogP contribution >= 0.6 is 0 Å². The van der Waals surface area contributed by atoms with Crippen LogP contribution in [0, 0.1) is 0 Å². The number of hydrogen-bond donors (Lipinski definition) is 1. The topological polar surface area (TPSA) is 78.8 Å². The molecule has 0 radical (unpaired) electrons. The molecule has 152 valence electrons. The minimum atomic E-state index is -3.58. The van der Waals surface area contributed by atoms with Crippen LogP contribution in [0.25, 0.3) is 0 Å². The van der Waals surface area contributed by atoms with E-state index in [-0.39, 0.29) is 10.5 Å². The summed E-state index contributed by atoms with van der Waals surface area (Å²) in [6, 6.07) is 14.3. The standard InChI is InChI=1S/C22H25N3O3S/c26-22(24-23-21-13-7-9-17-8-2-3-12-20(17)21)18-10-6-11-19(16-18)29(27,28)25-14-4-1-5-15-25/h2-3,6,8,10-12,16H,1,4-5,7,9,13-15H2,(H,24,26)/b23-21-. The number of hydrogen-bond acceptors (Lipinski definition) is 4. The Bertz CT molecular complexity index is 1040. The van der Waals surface area contributed by atoms with Gasteiger partial charge in [-0.15, -0.1) is 0 Å². The number of fused-ring (bicyclic) bond motifs is 1. The Balaban J connectivity index is 1.53. The minimum Gasteiger partial charge on any atom is -0.267 e. The van der Waals surface area contributed by atoms with Gasteiger partial charge in [0.15, 0.2) is 0 Å². The lowest BCUT2D eigenvalue weighted by atomic mass is 9.90. The van der Waals surface area contributed by atoms with Crippen molar-refractivity contribution in [1.82, 2.24) is 9.73 Å². The van der Waals surface area contributed by atoms with Crippen LogP contribution in [0.3, 0.4) is 0 Å². The molecule has 6 nitrogen and oxygen atoms in total. The number of hydrazone groups is 1. The second-order valence-electron chi connectivity index (χ2n) is 7.50. The number of piperidine rings is 1. The largest absolute Gasteiger partial charge is 0.271 e. The Morgan fingerprint density at radius 2 is 1.72 bits per heavy atom. The fraction of sp³-hybridized carbons (Fsp3) is 0.364. The lowest BCUT2D eigenvalue weighted by Crippen LogP contribution is -2.35. The van der Waals surface area contributed by atoms with E-state index in [0.29, 0.717) is 13.1 Å². The van der Waals surface area contributed by atoms with E-state index in [1.54, 1.807) is 18.2 Å². The van der Waals surface area contributed by atoms with E-state index in [0.717, 1.165) is 49.8 Å². The van der Waals surface area contributed by atoms with E-state index in [1.165, 1.54) is 15.9 Å². The van der Waals surface area contributed by atoms with E-state index in [2.05, 4.69) is 16.6 Å². The first kappa shape index (κ1) is 19.8. The molecule has 0 saturated carbocycles. The number of carbonyl (C=O) groups is 1. The van der Waals surface area contributed by atoms with Crippen LogP contribution < -0.4 is 5.43 Å². The van der Waals surface area contributed by atoms with Crippen molar-refractivity contribution in [2.24, 2.45) is 5.10 Å². The van der Waals surface area contributed by atoms with Gasteiger partial charge in [0.2, 0.25) is 10.0 Å². The summed E-state index contributed by atoms with van der Waals surface area (Å²) >= 11 is 0. The molecule has 1 saturated heterocycles. The molecule has 29 heavy (non-hydrogen) atoms. The van der Waals surface area contributed by atoms with Crippen LogP contribution in [-0.2, 0) is 16.4 Å². The predicted octanol–water partition coefficient (Wildman–Crippen LogP) is 3.33. The van der Waals surface area contributed by atoms with E-state index in [1.807, 2.05) is 18.2 Å². The Hall–Kier alpha value is -2.51. The molecule has 1 aliphatic heterocycles. The average Bonchev–Trinajstić information content (AvgIpc) is 2.78. The number of aryl methyl sites for hydroxylation is 1. The molecule has 4 rings (SSSR count). The van der Waals surface area contributed by atoms with Gasteiger partial charge in [0.25, 0.3) is 5.91 Å². The number of nitrogens with one attached hydrogen (secondary N) is 1. The maximum absolute atomic E-state index is 12.9. The number of benzene rings is 2. The van der Waals surface area contributed by atoms with Crippen LogP contribution in [0.5, 0.6) is 0 Å². The molecule has 1 aliphatic carbocycles. The molecule has 2 aromatic rings. The lowest BCUT2D eigenvalue weighted by Gasteiger charge is -2.26. The third kappa shape index (κ3) is 4.26. The van der Waals surface area contributed by atoms with Gasteiger partial charge in [0.05, 0.1) is 10.6 Å². The molecule has 2 aliphatic rings. The zero-order chi connectivity index (χ0) is 20.3. The normalized spacial score (nSPS) is 19.0. The third-order valence-corrected chi connectivity index (χ3v) is 7.42. The summed E-state index contributed by atoms with van der Waals surface area (Å²) < 4.78 is 27.2. The maximum Gasteiger partial charge on any atom is 0.271 e. The average molecular weight is 412 g/mol. The highest BCUT2D eigenvalue weighted by molar-refractivity contribution is 7.89. The van der Waals surface area contributed by atoms with Crippen molar-refractivity contribution in [3.63, 3.8) is 0 Å². The van der Waals surface area contributed by atoms with Crippen molar-refractivity contribution in [3.05, 3.63) is 65.2 Å². The first-order valence-electron chi connectivity index (χ1n) is 10.1. The van der Waals surface area contributed by atoms with Crippen LogP contribution in [0.4, 0.5) is 0 Å². The van der Waals surface area contributed by atoms with E-state index in [4.69, 9.17) is 0 Å². The van der Waals surface area contributed by atoms with Gasteiger partial charge in [-0.25, -0.2) is 13.8 Å². The number of nitrogens with zero attached hydrogens (tertiary/aromatic N) is 2. The van der Waals surface area contributed by atoms with E-state index in [9.17, 15) is 13.2 Å². The Labute approximate surface area is 171 Å². The van der Waals surface area contributed by atoms with Gasteiger partial charge < -0.3 is 0 Å². The SMILES string of the molecule is O=C(N/N=C1/CCCc2ccccc21)c1cccc(S(=O)(=O)N2CCCCC2)c1. The van der Waals surface area contributed by atoms with Gasteiger partial charge in [-0.1, -0.05) is 36.8 Å². The molecule has 0 spiro atoms. The lowest BCUT2D eigenvalue weighted by molar-refractivity contribution is 0.0954. The second kappa shape index (κ2) is 8.47. The molecule has 2 aromatic carbocycles. The van der Waals surface area contributed by atoms with Gasteiger partial charge in [-0.2, -0.15) is 9.41 Å². The number of carbonyl (C=O) groups excluding carboxylic acids is 1. The molecule has 1 heterocycles. The molecule has 0 unspecified atom stereocenters. The molecule has 0 atom stereocenters. The van der Waals surface area contributed by atoms with Gasteiger partial charge >= 0.3 is 0 Å². The fourth-order valence-corrected chi connectivity index (χ4v) is 5.52. The van der Waals surface area contributed by atoms with Crippen molar-refractivity contribution in [3.8, 4) is 0 Å². The quantitative estimate of drug-likeness (QED) is 0.784. The first-order valence-corrected chi connectivity index (χ1v) is 11.5. The maximum atomic E-state index is 12.9. The van der Waals surface area contributed by atoms with Crippen molar-refractivity contribution in [2.75, 3.05) is 13.1 Å². The highest BCUT2D eigenvalue weighted by atomic mass is 32.2. The highest BCUT2D eigenvalue weighted by Gasteiger charge is 2.26. The number of sulfonamides is 1. The monoisotopic (exact) mass is 411 g/mol. The van der Waals surface area contributed by atoms with Gasteiger partial charge in [0, 0.05) is 24.2 Å². The molecule has 1 amide bonds. The highest BCUT2D eigenvalue weighted by Crippen LogP contribution is 2.22. The van der Waals surface area contributed by atoms with Gasteiger partial charge in [-0.3, -0.25) is 4.79 Å². The molecule has 7 heteroatoms. The van der Waals surface area contributed by atoms with Crippen molar-refractivity contribution >= 4 is 21.6 Å². The summed E-state index contributed by atoms with van der Waals surface area (Å²) in [5.74, 6) is -0.406. The van der Waals surface area contributed by atoms with Crippen molar-refractivity contribution in [2.45, 2.75) is 43.4 Å². The molecule has 0 aromatic heterocycles.